The second kappa shape index (κ2) is 8.05. The topological polar surface area (TPSA) is 40.5 Å². The molecular formula is C17H27NO2. The molecule has 0 bridgehead atoms. The highest BCUT2D eigenvalue weighted by Gasteiger charge is 2.31. The van der Waals surface area contributed by atoms with E-state index in [0.29, 0.717) is 12.0 Å². The summed E-state index contributed by atoms with van der Waals surface area (Å²) in [7, 11) is 0. The molecule has 0 aliphatic carbocycles. The van der Waals surface area contributed by atoms with Crippen LogP contribution in [-0.2, 0) is 4.79 Å². The van der Waals surface area contributed by atoms with E-state index >= 15 is 0 Å². The Morgan fingerprint density at radius 3 is 2.10 bits per heavy atom. The lowest BCUT2D eigenvalue weighted by molar-refractivity contribution is -0.145. The highest BCUT2D eigenvalue weighted by Crippen LogP contribution is 2.27. The summed E-state index contributed by atoms with van der Waals surface area (Å²) in [6, 6.07) is 9.31. The molecule has 0 saturated carbocycles. The van der Waals surface area contributed by atoms with Crippen molar-refractivity contribution in [1.82, 2.24) is 4.90 Å². The molecule has 0 fully saturated rings. The van der Waals surface area contributed by atoms with Crippen LogP contribution in [0, 0.1) is 5.92 Å². The first-order valence-electron chi connectivity index (χ1n) is 7.54. The van der Waals surface area contributed by atoms with E-state index in [-0.39, 0.29) is 0 Å². The largest absolute Gasteiger partial charge is 0.480 e. The summed E-state index contributed by atoms with van der Waals surface area (Å²) < 4.78 is 0. The van der Waals surface area contributed by atoms with E-state index in [1.165, 1.54) is 0 Å². The molecule has 1 rings (SSSR count). The summed E-state index contributed by atoms with van der Waals surface area (Å²) in [5, 5.41) is 9.71. The van der Waals surface area contributed by atoms with Crippen molar-refractivity contribution < 1.29 is 9.90 Å². The number of hydrogen-bond acceptors (Lipinski definition) is 2. The van der Waals surface area contributed by atoms with E-state index in [1.54, 1.807) is 0 Å². The number of carboxylic acid groups (broad SMARTS) is 1. The molecule has 0 heterocycles. The quantitative estimate of drug-likeness (QED) is 0.782. The third-order valence-corrected chi connectivity index (χ3v) is 3.67. The molecule has 0 amide bonds. The summed E-state index contributed by atoms with van der Waals surface area (Å²) >= 11 is 0. The van der Waals surface area contributed by atoms with Gasteiger partial charge < -0.3 is 5.11 Å². The maximum Gasteiger partial charge on any atom is 0.325 e. The Hall–Kier alpha value is -1.35. The van der Waals surface area contributed by atoms with Gasteiger partial charge in [-0.15, -0.1) is 0 Å². The third kappa shape index (κ3) is 4.34. The molecule has 3 nitrogen and oxygen atoms in total. The van der Waals surface area contributed by atoms with E-state index < -0.39 is 12.0 Å². The Morgan fingerprint density at radius 1 is 1.15 bits per heavy atom. The van der Waals surface area contributed by atoms with E-state index in [2.05, 4.69) is 32.6 Å². The Kier molecular flexibility index (Phi) is 6.73. The van der Waals surface area contributed by atoms with Gasteiger partial charge in [0.1, 0.15) is 6.04 Å². The van der Waals surface area contributed by atoms with Gasteiger partial charge in [0.2, 0.25) is 0 Å². The Morgan fingerprint density at radius 2 is 1.70 bits per heavy atom. The zero-order valence-corrected chi connectivity index (χ0v) is 13.0. The van der Waals surface area contributed by atoms with Crippen molar-refractivity contribution in [1.29, 1.82) is 0 Å². The fourth-order valence-corrected chi connectivity index (χ4v) is 2.76. The SMILES string of the molecule is CCC(CC)N(CC(C)C)C(C(=O)O)c1ccccc1. The molecule has 0 aromatic heterocycles. The van der Waals surface area contributed by atoms with Crippen LogP contribution in [0.1, 0.15) is 52.1 Å². The highest BCUT2D eigenvalue weighted by molar-refractivity contribution is 5.75. The molecule has 0 aliphatic heterocycles. The van der Waals surface area contributed by atoms with Crippen LogP contribution < -0.4 is 0 Å². The Bertz CT molecular complexity index is 399. The predicted molar refractivity (Wildman–Crippen MR) is 82.7 cm³/mol. The van der Waals surface area contributed by atoms with Crippen molar-refractivity contribution in [3.05, 3.63) is 35.9 Å². The lowest BCUT2D eigenvalue weighted by atomic mass is 9.99. The van der Waals surface area contributed by atoms with E-state index in [1.807, 2.05) is 30.3 Å². The van der Waals surface area contributed by atoms with Crippen molar-refractivity contribution in [3.8, 4) is 0 Å². The van der Waals surface area contributed by atoms with Crippen molar-refractivity contribution in [3.63, 3.8) is 0 Å². The minimum atomic E-state index is -0.760. The van der Waals surface area contributed by atoms with Gasteiger partial charge in [-0.2, -0.15) is 0 Å². The molecule has 0 spiro atoms. The number of carbonyl (C=O) groups is 1. The smallest absolute Gasteiger partial charge is 0.325 e. The summed E-state index contributed by atoms with van der Waals surface area (Å²) in [5.74, 6) is -0.315. The van der Waals surface area contributed by atoms with Crippen molar-refractivity contribution in [2.45, 2.75) is 52.6 Å². The number of benzene rings is 1. The van der Waals surface area contributed by atoms with E-state index in [9.17, 15) is 9.90 Å². The maximum absolute atomic E-state index is 11.8. The molecule has 20 heavy (non-hydrogen) atoms. The summed E-state index contributed by atoms with van der Waals surface area (Å²) in [5.41, 5.74) is 0.868. The minimum absolute atomic E-state index is 0.304. The standard InChI is InChI=1S/C17H27NO2/c1-5-15(6-2)18(12-13(3)4)16(17(19)20)14-10-8-7-9-11-14/h7-11,13,15-16H,5-6,12H2,1-4H3,(H,19,20). The number of hydrogen-bond donors (Lipinski definition) is 1. The zero-order chi connectivity index (χ0) is 15.1. The number of aliphatic carboxylic acids is 1. The van der Waals surface area contributed by atoms with Crippen LogP contribution in [0.5, 0.6) is 0 Å². The van der Waals surface area contributed by atoms with Crippen LogP contribution in [0.3, 0.4) is 0 Å². The molecule has 0 aliphatic rings. The van der Waals surface area contributed by atoms with Crippen LogP contribution >= 0.6 is 0 Å². The zero-order valence-electron chi connectivity index (χ0n) is 13.0. The van der Waals surface area contributed by atoms with Gasteiger partial charge in [0.05, 0.1) is 0 Å². The van der Waals surface area contributed by atoms with E-state index in [4.69, 9.17) is 0 Å². The van der Waals surface area contributed by atoms with Gasteiger partial charge in [-0.05, 0) is 24.3 Å². The van der Waals surface area contributed by atoms with Gasteiger partial charge in [-0.3, -0.25) is 9.69 Å². The molecular weight excluding hydrogens is 250 g/mol. The molecule has 112 valence electrons. The lowest BCUT2D eigenvalue weighted by Crippen LogP contribution is -2.43. The summed E-state index contributed by atoms with van der Waals surface area (Å²) in [6.45, 7) is 9.34. The fourth-order valence-electron chi connectivity index (χ4n) is 2.76. The normalized spacial score (nSPS) is 13.2. The molecule has 1 N–H and O–H groups in total. The summed E-state index contributed by atoms with van der Waals surface area (Å²) in [6.07, 6.45) is 1.94. The first kappa shape index (κ1) is 16.7. The van der Waals surface area contributed by atoms with Crippen molar-refractivity contribution in [2.24, 2.45) is 5.92 Å². The van der Waals surface area contributed by atoms with Crippen LogP contribution in [-0.4, -0.2) is 28.6 Å². The fraction of sp³-hybridized carbons (Fsp3) is 0.588. The third-order valence-electron chi connectivity index (χ3n) is 3.67. The van der Waals surface area contributed by atoms with E-state index in [0.717, 1.165) is 24.9 Å². The van der Waals surface area contributed by atoms with Crippen LogP contribution in [0.25, 0.3) is 0 Å². The maximum atomic E-state index is 11.8. The minimum Gasteiger partial charge on any atom is -0.480 e. The van der Waals surface area contributed by atoms with Crippen LogP contribution in [0.4, 0.5) is 0 Å². The second-order valence-corrected chi connectivity index (χ2v) is 5.71. The van der Waals surface area contributed by atoms with Crippen molar-refractivity contribution in [2.75, 3.05) is 6.54 Å². The Labute approximate surface area is 122 Å². The average Bonchev–Trinajstić information content (AvgIpc) is 2.40. The second-order valence-electron chi connectivity index (χ2n) is 5.71. The number of nitrogens with zero attached hydrogens (tertiary/aromatic N) is 1. The molecule has 1 aromatic rings. The molecule has 1 unspecified atom stereocenters. The van der Waals surface area contributed by atoms with Gasteiger partial charge >= 0.3 is 5.97 Å². The molecule has 1 aromatic carbocycles. The van der Waals surface area contributed by atoms with Gasteiger partial charge in [0.25, 0.3) is 0 Å². The monoisotopic (exact) mass is 277 g/mol. The Balaban J connectivity index is 3.14. The first-order chi connectivity index (χ1) is 9.51. The molecule has 0 radical (unpaired) electrons. The molecule has 0 saturated heterocycles. The highest BCUT2D eigenvalue weighted by atomic mass is 16.4. The lowest BCUT2D eigenvalue weighted by Gasteiger charge is -2.36. The first-order valence-corrected chi connectivity index (χ1v) is 7.54. The number of rotatable bonds is 8. The summed E-state index contributed by atoms with van der Waals surface area (Å²) in [4.78, 5) is 14.0. The van der Waals surface area contributed by atoms with Gasteiger partial charge in [-0.1, -0.05) is 58.0 Å². The van der Waals surface area contributed by atoms with Crippen LogP contribution in [0.15, 0.2) is 30.3 Å². The van der Waals surface area contributed by atoms with Crippen molar-refractivity contribution >= 4 is 5.97 Å². The average molecular weight is 277 g/mol. The predicted octanol–water partition coefficient (Wildman–Crippen LogP) is 3.96. The van der Waals surface area contributed by atoms with Crippen LogP contribution in [0.2, 0.25) is 0 Å². The van der Waals surface area contributed by atoms with Gasteiger partial charge in [0, 0.05) is 12.6 Å². The van der Waals surface area contributed by atoms with Gasteiger partial charge in [0.15, 0.2) is 0 Å². The molecule has 1 atom stereocenters. The molecule has 3 heteroatoms. The van der Waals surface area contributed by atoms with Gasteiger partial charge in [-0.25, -0.2) is 0 Å². The number of carboxylic acids is 1.